The Hall–Kier alpha value is -2.63. The van der Waals surface area contributed by atoms with Crippen molar-refractivity contribution in [3.8, 4) is 0 Å². The second-order valence-electron chi connectivity index (χ2n) is 4.34. The van der Waals surface area contributed by atoms with Crippen LogP contribution in [0.5, 0.6) is 0 Å². The van der Waals surface area contributed by atoms with Crippen molar-refractivity contribution >= 4 is 18.0 Å². The van der Waals surface area contributed by atoms with Crippen LogP contribution in [0.1, 0.15) is 20.8 Å². The lowest BCUT2D eigenvalue weighted by Gasteiger charge is -2.05. The van der Waals surface area contributed by atoms with Gasteiger partial charge >= 0.3 is 12.1 Å². The molecule has 0 unspecified atom stereocenters. The number of amides is 2. The molecule has 0 aliphatic carbocycles. The van der Waals surface area contributed by atoms with E-state index in [0.29, 0.717) is 0 Å². The lowest BCUT2D eigenvalue weighted by atomic mass is 10.2. The van der Waals surface area contributed by atoms with Gasteiger partial charge in [-0.1, -0.05) is 36.5 Å². The summed E-state index contributed by atoms with van der Waals surface area (Å²) in [4.78, 5) is 34.0. The summed E-state index contributed by atoms with van der Waals surface area (Å²) in [5.74, 6) is -1.19. The lowest BCUT2D eigenvalue weighted by Crippen LogP contribution is -2.30. The minimum absolute atomic E-state index is 0.192. The van der Waals surface area contributed by atoms with Gasteiger partial charge in [-0.15, -0.1) is 0 Å². The smallest absolute Gasteiger partial charge is 0.416 e. The van der Waals surface area contributed by atoms with Gasteiger partial charge in [0.2, 0.25) is 0 Å². The average molecular weight is 321 g/mol. The van der Waals surface area contributed by atoms with Crippen molar-refractivity contribution in [1.82, 2.24) is 4.90 Å². The van der Waals surface area contributed by atoms with Gasteiger partial charge in [0.15, 0.2) is 0 Å². The first kappa shape index (κ1) is 20.4. The van der Waals surface area contributed by atoms with Gasteiger partial charge in [-0.05, 0) is 20.8 Å². The molecule has 0 bridgehead atoms. The molecule has 6 heteroatoms. The van der Waals surface area contributed by atoms with Crippen LogP contribution in [0.25, 0.3) is 0 Å². The zero-order valence-corrected chi connectivity index (χ0v) is 13.8. The van der Waals surface area contributed by atoms with Crippen LogP contribution in [0.3, 0.4) is 0 Å². The van der Waals surface area contributed by atoms with E-state index in [0.717, 1.165) is 17.1 Å². The fraction of sp³-hybridized carbons (Fsp3) is 0.353. The summed E-state index contributed by atoms with van der Waals surface area (Å²) in [6, 6.07) is 0. The van der Waals surface area contributed by atoms with Crippen LogP contribution in [0.2, 0.25) is 0 Å². The predicted molar refractivity (Wildman–Crippen MR) is 87.6 cm³/mol. The Morgan fingerprint density at radius 2 is 2.04 bits per heavy atom. The number of rotatable bonds is 5. The highest BCUT2D eigenvalue weighted by molar-refractivity contribution is 6.02. The maximum atomic E-state index is 11.3. The molecule has 0 radical (unpaired) electrons. The predicted octanol–water partition coefficient (Wildman–Crippen LogP) is 2.78. The van der Waals surface area contributed by atoms with Crippen molar-refractivity contribution in [2.45, 2.75) is 20.8 Å². The topological polar surface area (TPSA) is 72.9 Å². The van der Waals surface area contributed by atoms with Gasteiger partial charge in [0.05, 0.1) is 13.2 Å². The highest BCUT2D eigenvalue weighted by Gasteiger charge is 2.26. The molecule has 126 valence electrons. The number of ether oxygens (including phenoxy) is 2. The van der Waals surface area contributed by atoms with Crippen LogP contribution in [0.15, 0.2) is 48.6 Å². The zero-order chi connectivity index (χ0) is 17.7. The number of carbonyl (C=O) groups is 3. The van der Waals surface area contributed by atoms with Crippen LogP contribution in [0.4, 0.5) is 4.79 Å². The molecule has 0 N–H and O–H groups in total. The van der Waals surface area contributed by atoms with E-state index < -0.39 is 18.0 Å². The summed E-state index contributed by atoms with van der Waals surface area (Å²) in [5, 5.41) is 0. The Morgan fingerprint density at radius 3 is 2.52 bits per heavy atom. The van der Waals surface area contributed by atoms with E-state index in [1.807, 2.05) is 32.1 Å². The van der Waals surface area contributed by atoms with E-state index >= 15 is 0 Å². The Bertz CT molecular complexity index is 517. The van der Waals surface area contributed by atoms with Crippen molar-refractivity contribution in [1.29, 1.82) is 0 Å². The third-order valence-electron chi connectivity index (χ3n) is 2.49. The van der Waals surface area contributed by atoms with E-state index in [1.54, 1.807) is 13.0 Å². The van der Waals surface area contributed by atoms with Gasteiger partial charge in [0.1, 0.15) is 6.61 Å². The molecular weight excluding hydrogens is 298 g/mol. The Balaban J connectivity index is 0.000000515. The van der Waals surface area contributed by atoms with Crippen LogP contribution in [-0.4, -0.2) is 42.6 Å². The number of carbonyl (C=O) groups excluding carboxylic acids is 3. The Kier molecular flexibility index (Phi) is 10.6. The van der Waals surface area contributed by atoms with Crippen LogP contribution >= 0.6 is 0 Å². The van der Waals surface area contributed by atoms with Crippen molar-refractivity contribution in [2.75, 3.05) is 19.8 Å². The summed E-state index contributed by atoms with van der Waals surface area (Å²) in [7, 11) is 0. The first-order chi connectivity index (χ1) is 11.0. The summed E-state index contributed by atoms with van der Waals surface area (Å²) in [5.41, 5.74) is 1.24. The maximum absolute atomic E-state index is 11.3. The van der Waals surface area contributed by atoms with Crippen LogP contribution in [-0.2, 0) is 19.1 Å². The lowest BCUT2D eigenvalue weighted by molar-refractivity contribution is -0.137. The average Bonchev–Trinajstić information content (AvgIpc) is 2.92. The molecule has 6 nitrogen and oxygen atoms in total. The summed E-state index contributed by atoms with van der Waals surface area (Å²) >= 11 is 0. The first-order valence-corrected chi connectivity index (χ1v) is 7.21. The molecule has 0 aromatic heterocycles. The number of allylic oxidation sites excluding steroid dienone is 5. The molecule has 0 saturated carbocycles. The SMILES string of the molecule is C=C/C=C(C)\C=C/C.CCOC(=O)/C=C/C(=O)N1CCOC1=O. The minimum atomic E-state index is -0.687. The van der Waals surface area contributed by atoms with Gasteiger partial charge in [0.25, 0.3) is 5.91 Å². The molecule has 23 heavy (non-hydrogen) atoms. The highest BCUT2D eigenvalue weighted by atomic mass is 16.6. The first-order valence-electron chi connectivity index (χ1n) is 7.21. The largest absolute Gasteiger partial charge is 0.463 e. The highest BCUT2D eigenvalue weighted by Crippen LogP contribution is 2.03. The van der Waals surface area contributed by atoms with Gasteiger partial charge in [-0.2, -0.15) is 0 Å². The molecule has 1 heterocycles. The van der Waals surface area contributed by atoms with Gasteiger partial charge < -0.3 is 9.47 Å². The van der Waals surface area contributed by atoms with Gasteiger partial charge in [-0.3, -0.25) is 4.79 Å². The summed E-state index contributed by atoms with van der Waals surface area (Å²) in [6.07, 6.45) is 9.10. The van der Waals surface area contributed by atoms with Crippen molar-refractivity contribution < 1.29 is 23.9 Å². The molecule has 0 atom stereocenters. The second-order valence-corrected chi connectivity index (χ2v) is 4.34. The molecule has 0 aromatic carbocycles. The quantitative estimate of drug-likeness (QED) is 0.442. The number of imide groups is 1. The fourth-order valence-electron chi connectivity index (χ4n) is 1.52. The molecule has 1 fully saturated rings. The van der Waals surface area contributed by atoms with Gasteiger partial charge in [-0.25, -0.2) is 14.5 Å². The third-order valence-corrected chi connectivity index (χ3v) is 2.49. The molecule has 1 rings (SSSR count). The number of nitrogens with zero attached hydrogens (tertiary/aromatic N) is 1. The molecule has 1 saturated heterocycles. The van der Waals surface area contributed by atoms with Crippen LogP contribution in [0, 0.1) is 0 Å². The fourth-order valence-corrected chi connectivity index (χ4v) is 1.52. The second kappa shape index (κ2) is 12.0. The summed E-state index contributed by atoms with van der Waals surface area (Å²) < 4.78 is 9.13. The van der Waals surface area contributed by atoms with Crippen LogP contribution < -0.4 is 0 Å². The minimum Gasteiger partial charge on any atom is -0.463 e. The van der Waals surface area contributed by atoms with E-state index in [4.69, 9.17) is 0 Å². The number of cyclic esters (lactones) is 1. The molecule has 0 spiro atoms. The van der Waals surface area contributed by atoms with E-state index in [9.17, 15) is 14.4 Å². The van der Waals surface area contributed by atoms with Crippen molar-refractivity contribution in [3.05, 3.63) is 48.6 Å². The standard InChI is InChI=1S/C9H11NO5.C8H12/c1-2-14-8(12)4-3-7(11)10-5-6-15-9(10)13;1-4-6-8(3)7-5-2/h3-4H,2,5-6H2,1H3;4-7H,1H2,2-3H3/b4-3+;7-5-,8-6-. The number of hydrogen-bond acceptors (Lipinski definition) is 5. The molecule has 0 aromatic rings. The summed E-state index contributed by atoms with van der Waals surface area (Å²) in [6.45, 7) is 9.92. The molecule has 1 aliphatic heterocycles. The monoisotopic (exact) mass is 321 g/mol. The van der Waals surface area contributed by atoms with E-state index in [2.05, 4.69) is 16.1 Å². The Labute approximate surface area is 136 Å². The van der Waals surface area contributed by atoms with E-state index in [-0.39, 0.29) is 19.8 Å². The van der Waals surface area contributed by atoms with Crippen molar-refractivity contribution in [3.63, 3.8) is 0 Å². The zero-order valence-electron chi connectivity index (χ0n) is 13.8. The molecule has 1 aliphatic rings. The third kappa shape index (κ3) is 9.08. The van der Waals surface area contributed by atoms with Crippen molar-refractivity contribution in [2.24, 2.45) is 0 Å². The normalized spacial score (nSPS) is 14.5. The van der Waals surface area contributed by atoms with Gasteiger partial charge in [0, 0.05) is 12.2 Å². The number of hydrogen-bond donors (Lipinski definition) is 0. The maximum Gasteiger partial charge on any atom is 0.416 e. The molecular formula is C17H23NO5. The number of esters is 1. The molecule has 2 amide bonds. The Morgan fingerprint density at radius 1 is 1.35 bits per heavy atom. The van der Waals surface area contributed by atoms with E-state index in [1.165, 1.54) is 5.57 Å².